The number of hydrogen-bond donors (Lipinski definition) is 0. The minimum atomic E-state index is 0.829. The first kappa shape index (κ1) is 12.9. The zero-order valence-corrected chi connectivity index (χ0v) is 11.9. The Kier molecular flexibility index (Phi) is 4.42. The molecule has 1 heterocycles. The van der Waals surface area contributed by atoms with Gasteiger partial charge in [0.15, 0.2) is 0 Å². The molecule has 0 amide bonds. The topological polar surface area (TPSA) is 21.7 Å². The zero-order valence-electron chi connectivity index (χ0n) is 10.3. The molecule has 17 heavy (non-hydrogen) atoms. The molecule has 0 atom stereocenters. The van der Waals surface area contributed by atoms with Crippen molar-refractivity contribution in [3.05, 3.63) is 27.7 Å². The molecule has 0 aromatic heterocycles. The normalized spacial score (nSPS) is 17.1. The molecule has 0 N–H and O–H groups in total. The summed E-state index contributed by atoms with van der Waals surface area (Å²) in [5.74, 6) is 1.000. The van der Waals surface area contributed by atoms with Crippen LogP contribution in [0.25, 0.3) is 0 Å². The van der Waals surface area contributed by atoms with Crippen LogP contribution in [-0.2, 0) is 11.3 Å². The van der Waals surface area contributed by atoms with Crippen LogP contribution in [-0.4, -0.2) is 38.3 Å². The molecule has 3 nitrogen and oxygen atoms in total. The van der Waals surface area contributed by atoms with E-state index in [2.05, 4.69) is 39.9 Å². The molecule has 0 bridgehead atoms. The number of morpholine rings is 1. The average Bonchev–Trinajstić information content (AvgIpc) is 2.30. The molecule has 0 unspecified atom stereocenters. The summed E-state index contributed by atoms with van der Waals surface area (Å²) in [6.07, 6.45) is 0. The van der Waals surface area contributed by atoms with Gasteiger partial charge in [0.2, 0.25) is 0 Å². The summed E-state index contributed by atoms with van der Waals surface area (Å²) in [5, 5.41) is 0. The summed E-state index contributed by atoms with van der Waals surface area (Å²) >= 11 is 3.54. The van der Waals surface area contributed by atoms with Gasteiger partial charge >= 0.3 is 0 Å². The number of ether oxygens (including phenoxy) is 2. The van der Waals surface area contributed by atoms with E-state index in [1.54, 1.807) is 7.11 Å². The first-order chi connectivity index (χ1) is 8.20. The zero-order chi connectivity index (χ0) is 12.3. The minimum Gasteiger partial charge on any atom is -0.496 e. The highest BCUT2D eigenvalue weighted by atomic mass is 79.9. The molecule has 2 rings (SSSR count). The van der Waals surface area contributed by atoms with Crippen molar-refractivity contribution in [1.82, 2.24) is 4.90 Å². The second-order valence-electron chi connectivity index (χ2n) is 4.30. The predicted octanol–water partition coefficient (Wildman–Crippen LogP) is 2.60. The Morgan fingerprint density at radius 1 is 1.35 bits per heavy atom. The standard InChI is InChI=1S/C13H18BrNO2/c1-10-7-12(14)8-11(13(10)16-2)9-15-3-5-17-6-4-15/h7-8H,3-6,9H2,1-2H3. The summed E-state index contributed by atoms with van der Waals surface area (Å²) in [4.78, 5) is 2.40. The lowest BCUT2D eigenvalue weighted by atomic mass is 10.1. The van der Waals surface area contributed by atoms with Crippen LogP contribution < -0.4 is 4.74 Å². The lowest BCUT2D eigenvalue weighted by molar-refractivity contribution is 0.0338. The van der Waals surface area contributed by atoms with Crippen molar-refractivity contribution >= 4 is 15.9 Å². The van der Waals surface area contributed by atoms with Crippen molar-refractivity contribution < 1.29 is 9.47 Å². The number of aryl methyl sites for hydroxylation is 1. The number of methoxy groups -OCH3 is 1. The predicted molar refractivity (Wildman–Crippen MR) is 71.5 cm³/mol. The number of rotatable bonds is 3. The van der Waals surface area contributed by atoms with E-state index in [1.165, 1.54) is 11.1 Å². The third-order valence-electron chi connectivity index (χ3n) is 3.02. The van der Waals surface area contributed by atoms with Crippen LogP contribution in [0.15, 0.2) is 16.6 Å². The van der Waals surface area contributed by atoms with E-state index in [-0.39, 0.29) is 0 Å². The maximum atomic E-state index is 5.49. The van der Waals surface area contributed by atoms with Gasteiger partial charge in [-0.2, -0.15) is 0 Å². The molecule has 1 saturated heterocycles. The maximum absolute atomic E-state index is 5.49. The van der Waals surface area contributed by atoms with Crippen molar-refractivity contribution in [2.45, 2.75) is 13.5 Å². The molecule has 1 fully saturated rings. The van der Waals surface area contributed by atoms with Gasteiger partial charge in [-0.25, -0.2) is 0 Å². The summed E-state index contributed by atoms with van der Waals surface area (Å²) in [6, 6.07) is 4.23. The van der Waals surface area contributed by atoms with Crippen molar-refractivity contribution in [3.8, 4) is 5.75 Å². The Bertz CT molecular complexity index is 389. The first-order valence-electron chi connectivity index (χ1n) is 5.84. The SMILES string of the molecule is COc1c(C)cc(Br)cc1CN1CCOCC1. The van der Waals surface area contributed by atoms with Crippen LogP contribution >= 0.6 is 15.9 Å². The number of benzene rings is 1. The minimum absolute atomic E-state index is 0.829. The molecule has 4 heteroatoms. The van der Waals surface area contributed by atoms with Crippen LogP contribution in [0.4, 0.5) is 0 Å². The van der Waals surface area contributed by atoms with Gasteiger partial charge in [0.1, 0.15) is 5.75 Å². The molecule has 0 saturated carbocycles. The summed E-state index contributed by atoms with van der Waals surface area (Å²) in [5.41, 5.74) is 2.41. The van der Waals surface area contributed by atoms with Crippen LogP contribution in [0, 0.1) is 6.92 Å². The van der Waals surface area contributed by atoms with Gasteiger partial charge in [-0.05, 0) is 24.6 Å². The van der Waals surface area contributed by atoms with E-state index in [4.69, 9.17) is 9.47 Å². The van der Waals surface area contributed by atoms with Crippen molar-refractivity contribution in [2.24, 2.45) is 0 Å². The molecule has 0 spiro atoms. The highest BCUT2D eigenvalue weighted by molar-refractivity contribution is 9.10. The van der Waals surface area contributed by atoms with Crippen LogP contribution in [0.1, 0.15) is 11.1 Å². The molecule has 1 aliphatic heterocycles. The number of halogens is 1. The number of nitrogens with zero attached hydrogens (tertiary/aromatic N) is 1. The molecule has 0 aliphatic carbocycles. The maximum Gasteiger partial charge on any atom is 0.126 e. The molecule has 1 aromatic rings. The lowest BCUT2D eigenvalue weighted by Crippen LogP contribution is -2.35. The van der Waals surface area contributed by atoms with E-state index in [1.807, 2.05) is 0 Å². The first-order valence-corrected chi connectivity index (χ1v) is 6.63. The fraction of sp³-hybridized carbons (Fsp3) is 0.538. The Hall–Kier alpha value is -0.580. The Morgan fingerprint density at radius 2 is 2.06 bits per heavy atom. The second kappa shape index (κ2) is 5.85. The fourth-order valence-corrected chi connectivity index (χ4v) is 2.83. The lowest BCUT2D eigenvalue weighted by Gasteiger charge is -2.27. The number of hydrogen-bond acceptors (Lipinski definition) is 3. The Balaban J connectivity index is 2.18. The van der Waals surface area contributed by atoms with E-state index < -0.39 is 0 Å². The van der Waals surface area contributed by atoms with Gasteiger partial charge in [-0.1, -0.05) is 15.9 Å². The van der Waals surface area contributed by atoms with Crippen molar-refractivity contribution in [3.63, 3.8) is 0 Å². The molecule has 1 aliphatic rings. The Morgan fingerprint density at radius 3 is 2.71 bits per heavy atom. The van der Waals surface area contributed by atoms with Crippen molar-refractivity contribution in [2.75, 3.05) is 33.4 Å². The van der Waals surface area contributed by atoms with Gasteiger partial charge < -0.3 is 9.47 Å². The Labute approximate surface area is 111 Å². The van der Waals surface area contributed by atoms with E-state index in [9.17, 15) is 0 Å². The summed E-state index contributed by atoms with van der Waals surface area (Å²) in [7, 11) is 1.74. The van der Waals surface area contributed by atoms with Gasteiger partial charge in [0.25, 0.3) is 0 Å². The van der Waals surface area contributed by atoms with Gasteiger partial charge in [0.05, 0.1) is 20.3 Å². The quantitative estimate of drug-likeness (QED) is 0.856. The molecule has 0 radical (unpaired) electrons. The van der Waals surface area contributed by atoms with Crippen LogP contribution in [0.3, 0.4) is 0 Å². The van der Waals surface area contributed by atoms with E-state index in [0.29, 0.717) is 0 Å². The third kappa shape index (κ3) is 3.21. The molecule has 1 aromatic carbocycles. The van der Waals surface area contributed by atoms with Gasteiger partial charge in [0, 0.05) is 29.7 Å². The fourth-order valence-electron chi connectivity index (χ4n) is 2.21. The summed E-state index contributed by atoms with van der Waals surface area (Å²) < 4.78 is 12.0. The highest BCUT2D eigenvalue weighted by Gasteiger charge is 2.15. The molecular formula is C13H18BrNO2. The molecule has 94 valence electrons. The second-order valence-corrected chi connectivity index (χ2v) is 5.22. The van der Waals surface area contributed by atoms with Gasteiger partial charge in [-0.3, -0.25) is 4.90 Å². The summed E-state index contributed by atoms with van der Waals surface area (Å²) in [6.45, 7) is 6.65. The van der Waals surface area contributed by atoms with Gasteiger partial charge in [-0.15, -0.1) is 0 Å². The van der Waals surface area contributed by atoms with Crippen LogP contribution in [0.5, 0.6) is 5.75 Å². The van der Waals surface area contributed by atoms with Crippen LogP contribution in [0.2, 0.25) is 0 Å². The monoisotopic (exact) mass is 299 g/mol. The average molecular weight is 300 g/mol. The largest absolute Gasteiger partial charge is 0.496 e. The van der Waals surface area contributed by atoms with E-state index >= 15 is 0 Å². The highest BCUT2D eigenvalue weighted by Crippen LogP contribution is 2.28. The third-order valence-corrected chi connectivity index (χ3v) is 3.48. The smallest absolute Gasteiger partial charge is 0.126 e. The van der Waals surface area contributed by atoms with Crippen molar-refractivity contribution in [1.29, 1.82) is 0 Å². The molecular weight excluding hydrogens is 282 g/mol. The van der Waals surface area contributed by atoms with E-state index in [0.717, 1.165) is 43.1 Å².